The third-order valence-corrected chi connectivity index (χ3v) is 2.37. The molecule has 3 aromatic heterocycles. The third-order valence-electron chi connectivity index (χ3n) is 2.37. The third kappa shape index (κ3) is 1.33. The number of nitrogen functional groups attached to an aromatic ring is 1. The van der Waals surface area contributed by atoms with Gasteiger partial charge >= 0.3 is 0 Å². The molecule has 17 heavy (non-hydrogen) atoms. The molecule has 0 atom stereocenters. The first-order valence-corrected chi connectivity index (χ1v) is 4.88. The molecule has 0 unspecified atom stereocenters. The van der Waals surface area contributed by atoms with Crippen molar-refractivity contribution >= 4 is 11.5 Å². The second-order valence-corrected chi connectivity index (χ2v) is 3.43. The van der Waals surface area contributed by atoms with Crippen molar-refractivity contribution in [1.29, 1.82) is 5.26 Å². The molecule has 0 fully saturated rings. The number of nitriles is 1. The van der Waals surface area contributed by atoms with E-state index in [9.17, 15) is 0 Å². The summed E-state index contributed by atoms with van der Waals surface area (Å²) in [4.78, 5) is 4.09. The van der Waals surface area contributed by atoms with Crippen molar-refractivity contribution in [3.8, 4) is 17.5 Å². The zero-order valence-corrected chi connectivity index (χ0v) is 8.66. The number of nitrogens with two attached hydrogens (primary N) is 1. The number of rotatable bonds is 1. The Labute approximate surface area is 95.9 Å². The van der Waals surface area contributed by atoms with Crippen LogP contribution in [0.5, 0.6) is 0 Å². The molecule has 0 bridgehead atoms. The van der Waals surface area contributed by atoms with Crippen LogP contribution < -0.4 is 5.73 Å². The van der Waals surface area contributed by atoms with Gasteiger partial charge in [0.05, 0.1) is 6.26 Å². The van der Waals surface area contributed by atoms with Crippen molar-refractivity contribution < 1.29 is 4.42 Å². The molecule has 3 rings (SSSR count). The molecule has 0 amide bonds. The van der Waals surface area contributed by atoms with E-state index in [1.54, 1.807) is 24.4 Å². The van der Waals surface area contributed by atoms with Crippen LogP contribution >= 0.6 is 0 Å². The molecular weight excluding hydrogens is 218 g/mol. The van der Waals surface area contributed by atoms with E-state index in [4.69, 9.17) is 15.4 Å². The zero-order valence-electron chi connectivity index (χ0n) is 8.66. The summed E-state index contributed by atoms with van der Waals surface area (Å²) in [5.41, 5.74) is 6.84. The van der Waals surface area contributed by atoms with E-state index in [1.165, 1.54) is 10.8 Å². The average molecular weight is 225 g/mol. The van der Waals surface area contributed by atoms with Crippen LogP contribution in [0.2, 0.25) is 0 Å². The van der Waals surface area contributed by atoms with Crippen molar-refractivity contribution in [2.45, 2.75) is 0 Å². The minimum Gasteiger partial charge on any atom is -0.463 e. The van der Waals surface area contributed by atoms with Gasteiger partial charge < -0.3 is 10.2 Å². The fraction of sp³-hybridized carbons (Fsp3) is 0. The van der Waals surface area contributed by atoms with E-state index in [0.29, 0.717) is 28.5 Å². The van der Waals surface area contributed by atoms with Crippen LogP contribution in [0.1, 0.15) is 5.56 Å². The summed E-state index contributed by atoms with van der Waals surface area (Å²) in [7, 11) is 0. The van der Waals surface area contributed by atoms with E-state index >= 15 is 0 Å². The minimum absolute atomic E-state index is 0.347. The lowest BCUT2D eigenvalue weighted by Crippen LogP contribution is -1.95. The van der Waals surface area contributed by atoms with Crippen LogP contribution in [0.4, 0.5) is 5.82 Å². The lowest BCUT2D eigenvalue weighted by Gasteiger charge is -1.92. The summed E-state index contributed by atoms with van der Waals surface area (Å²) in [6.07, 6.45) is 3.19. The molecule has 0 saturated carbocycles. The Morgan fingerprint density at radius 3 is 3.00 bits per heavy atom. The Bertz CT molecular complexity index is 720. The van der Waals surface area contributed by atoms with E-state index < -0.39 is 0 Å². The molecule has 6 nitrogen and oxygen atoms in total. The van der Waals surface area contributed by atoms with Crippen molar-refractivity contribution in [2.24, 2.45) is 0 Å². The van der Waals surface area contributed by atoms with Crippen LogP contribution in [0.15, 0.2) is 35.1 Å². The lowest BCUT2D eigenvalue weighted by molar-refractivity contribution is 0.579. The van der Waals surface area contributed by atoms with Crippen LogP contribution in [-0.4, -0.2) is 14.6 Å². The number of furan rings is 1. The van der Waals surface area contributed by atoms with Gasteiger partial charge in [-0.25, -0.2) is 9.50 Å². The molecule has 0 aliphatic heterocycles. The second kappa shape index (κ2) is 3.35. The van der Waals surface area contributed by atoms with Crippen molar-refractivity contribution in [3.05, 3.63) is 36.2 Å². The van der Waals surface area contributed by atoms with Gasteiger partial charge in [0, 0.05) is 6.20 Å². The first kappa shape index (κ1) is 9.42. The molecule has 0 radical (unpaired) electrons. The Hall–Kier alpha value is -2.81. The number of hydrogen-bond acceptors (Lipinski definition) is 5. The fourth-order valence-electron chi connectivity index (χ4n) is 1.63. The predicted octanol–water partition coefficient (Wildman–Crippen LogP) is 1.44. The first-order chi connectivity index (χ1) is 8.29. The Kier molecular flexibility index (Phi) is 1.86. The van der Waals surface area contributed by atoms with Crippen LogP contribution in [0.25, 0.3) is 17.1 Å². The molecule has 6 heteroatoms. The van der Waals surface area contributed by atoms with Crippen LogP contribution in [-0.2, 0) is 0 Å². The normalized spacial score (nSPS) is 10.5. The molecule has 0 saturated heterocycles. The Balaban J connectivity index is 2.37. The molecule has 0 spiro atoms. The number of fused-ring (bicyclic) bond motifs is 1. The van der Waals surface area contributed by atoms with Crippen molar-refractivity contribution in [2.75, 3.05) is 5.73 Å². The van der Waals surface area contributed by atoms with Crippen LogP contribution in [0, 0.1) is 11.3 Å². The summed E-state index contributed by atoms with van der Waals surface area (Å²) in [6.45, 7) is 0. The molecule has 0 aliphatic carbocycles. The SMILES string of the molecule is N#Cc1c(-c2ccco2)nn2ccc(N)nc12. The second-order valence-electron chi connectivity index (χ2n) is 3.43. The molecule has 3 heterocycles. The molecule has 82 valence electrons. The number of hydrogen-bond donors (Lipinski definition) is 1. The van der Waals surface area contributed by atoms with E-state index in [-0.39, 0.29) is 0 Å². The van der Waals surface area contributed by atoms with Gasteiger partial charge in [-0.2, -0.15) is 10.4 Å². The van der Waals surface area contributed by atoms with Gasteiger partial charge in [0.15, 0.2) is 11.4 Å². The van der Waals surface area contributed by atoms with E-state index in [2.05, 4.69) is 16.2 Å². The highest BCUT2D eigenvalue weighted by molar-refractivity contribution is 5.72. The number of anilines is 1. The van der Waals surface area contributed by atoms with E-state index in [1.807, 2.05) is 0 Å². The maximum absolute atomic E-state index is 9.17. The molecule has 0 aromatic carbocycles. The molecule has 0 aliphatic rings. The summed E-state index contributed by atoms with van der Waals surface area (Å²) in [5, 5.41) is 13.4. The van der Waals surface area contributed by atoms with Crippen molar-refractivity contribution in [1.82, 2.24) is 14.6 Å². The highest BCUT2D eigenvalue weighted by Gasteiger charge is 2.17. The largest absolute Gasteiger partial charge is 0.463 e. The summed E-state index contributed by atoms with van der Waals surface area (Å²) in [6, 6.07) is 7.17. The quantitative estimate of drug-likeness (QED) is 0.676. The van der Waals surface area contributed by atoms with Gasteiger partial charge in [-0.05, 0) is 18.2 Å². The monoisotopic (exact) mass is 225 g/mol. The maximum Gasteiger partial charge on any atom is 0.175 e. The molecule has 2 N–H and O–H groups in total. The van der Waals surface area contributed by atoms with Gasteiger partial charge in [-0.3, -0.25) is 0 Å². The first-order valence-electron chi connectivity index (χ1n) is 4.88. The Morgan fingerprint density at radius 2 is 2.29 bits per heavy atom. The minimum atomic E-state index is 0.347. The zero-order chi connectivity index (χ0) is 11.8. The van der Waals surface area contributed by atoms with Gasteiger partial charge in [0.25, 0.3) is 0 Å². The topological polar surface area (TPSA) is 93.1 Å². The highest BCUT2D eigenvalue weighted by Crippen LogP contribution is 2.25. The lowest BCUT2D eigenvalue weighted by atomic mass is 10.2. The van der Waals surface area contributed by atoms with Crippen molar-refractivity contribution in [3.63, 3.8) is 0 Å². The Morgan fingerprint density at radius 1 is 1.41 bits per heavy atom. The standard InChI is InChI=1S/C11H7N5O/c12-6-7-10(8-2-1-5-17-8)15-16-4-3-9(13)14-11(7)16/h1-5H,(H2,13,14). The number of nitrogens with zero attached hydrogens (tertiary/aromatic N) is 4. The molecular formula is C11H7N5O. The predicted molar refractivity (Wildman–Crippen MR) is 59.8 cm³/mol. The highest BCUT2D eigenvalue weighted by atomic mass is 16.3. The number of aromatic nitrogens is 3. The summed E-state index contributed by atoms with van der Waals surface area (Å²) < 4.78 is 6.74. The smallest absolute Gasteiger partial charge is 0.175 e. The summed E-state index contributed by atoms with van der Waals surface area (Å²) >= 11 is 0. The summed E-state index contributed by atoms with van der Waals surface area (Å²) in [5.74, 6) is 0.880. The van der Waals surface area contributed by atoms with Gasteiger partial charge in [-0.1, -0.05) is 0 Å². The van der Waals surface area contributed by atoms with Gasteiger partial charge in [0.2, 0.25) is 0 Å². The van der Waals surface area contributed by atoms with Crippen LogP contribution in [0.3, 0.4) is 0 Å². The average Bonchev–Trinajstić information content (AvgIpc) is 2.94. The fourth-order valence-corrected chi connectivity index (χ4v) is 1.63. The van der Waals surface area contributed by atoms with E-state index in [0.717, 1.165) is 0 Å². The van der Waals surface area contributed by atoms with Gasteiger partial charge in [0.1, 0.15) is 23.1 Å². The molecule has 3 aromatic rings. The maximum atomic E-state index is 9.17. The van der Waals surface area contributed by atoms with Gasteiger partial charge in [-0.15, -0.1) is 0 Å².